The van der Waals surface area contributed by atoms with Gasteiger partial charge in [0.15, 0.2) is 0 Å². The van der Waals surface area contributed by atoms with Crippen LogP contribution in [-0.2, 0) is 12.0 Å². The van der Waals surface area contributed by atoms with E-state index in [1.165, 1.54) is 0 Å². The molecule has 0 amide bonds. The van der Waals surface area contributed by atoms with Gasteiger partial charge in [-0.05, 0) is 50.1 Å². The topological polar surface area (TPSA) is 20.2 Å². The van der Waals surface area contributed by atoms with E-state index in [2.05, 4.69) is 0 Å². The maximum atomic E-state index is 13.7. The third kappa shape index (κ3) is 3.23. The van der Waals surface area contributed by atoms with Crippen LogP contribution in [0.1, 0.15) is 29.2 Å². The Morgan fingerprint density at radius 2 is 1.60 bits per heavy atom. The zero-order valence-corrected chi connectivity index (χ0v) is 11.9. The molecule has 0 saturated heterocycles. The molecule has 1 nitrogen and oxygen atoms in total. The standard InChI is InChI=1S/C17H18F2O/c1-11-6-12(2)8-14(7-11)17(3,20)10-13-9-15(18)4-5-16(13)19/h4-9,20H,10H2,1-3H3. The third-order valence-electron chi connectivity index (χ3n) is 3.39. The summed E-state index contributed by atoms with van der Waals surface area (Å²) in [6.07, 6.45) is 0.0273. The van der Waals surface area contributed by atoms with Crippen LogP contribution >= 0.6 is 0 Å². The highest BCUT2D eigenvalue weighted by Crippen LogP contribution is 2.28. The average Bonchev–Trinajstić information content (AvgIpc) is 2.32. The summed E-state index contributed by atoms with van der Waals surface area (Å²) >= 11 is 0. The van der Waals surface area contributed by atoms with E-state index in [9.17, 15) is 13.9 Å². The molecule has 0 aliphatic rings. The van der Waals surface area contributed by atoms with Gasteiger partial charge in [-0.3, -0.25) is 0 Å². The molecule has 2 aromatic rings. The van der Waals surface area contributed by atoms with Gasteiger partial charge in [-0.2, -0.15) is 0 Å². The summed E-state index contributed by atoms with van der Waals surface area (Å²) in [6, 6.07) is 9.02. The van der Waals surface area contributed by atoms with E-state index in [0.717, 1.165) is 29.3 Å². The first kappa shape index (κ1) is 14.7. The predicted octanol–water partition coefficient (Wildman–Crippen LogP) is 4.03. The lowest BCUT2D eigenvalue weighted by molar-refractivity contribution is 0.0565. The fourth-order valence-corrected chi connectivity index (χ4v) is 2.44. The molecule has 0 spiro atoms. The quantitative estimate of drug-likeness (QED) is 0.897. The number of aryl methyl sites for hydroxylation is 2. The molecular weight excluding hydrogens is 258 g/mol. The van der Waals surface area contributed by atoms with Gasteiger partial charge in [-0.15, -0.1) is 0 Å². The average molecular weight is 276 g/mol. The van der Waals surface area contributed by atoms with Gasteiger partial charge in [0.05, 0.1) is 5.60 Å². The van der Waals surface area contributed by atoms with Crippen molar-refractivity contribution in [2.45, 2.75) is 32.8 Å². The summed E-state index contributed by atoms with van der Waals surface area (Å²) in [4.78, 5) is 0. The van der Waals surface area contributed by atoms with Crippen molar-refractivity contribution in [3.8, 4) is 0 Å². The molecule has 0 bridgehead atoms. The monoisotopic (exact) mass is 276 g/mol. The Morgan fingerprint density at radius 3 is 2.20 bits per heavy atom. The summed E-state index contributed by atoms with van der Waals surface area (Å²) < 4.78 is 26.9. The maximum Gasteiger partial charge on any atom is 0.126 e. The first-order valence-electron chi connectivity index (χ1n) is 6.53. The zero-order chi connectivity index (χ0) is 14.9. The van der Waals surface area contributed by atoms with Crippen molar-refractivity contribution in [2.24, 2.45) is 0 Å². The van der Waals surface area contributed by atoms with E-state index in [1.54, 1.807) is 6.92 Å². The van der Waals surface area contributed by atoms with Gasteiger partial charge >= 0.3 is 0 Å². The molecule has 0 fully saturated rings. The van der Waals surface area contributed by atoms with Crippen molar-refractivity contribution < 1.29 is 13.9 Å². The van der Waals surface area contributed by atoms with Crippen LogP contribution in [0.15, 0.2) is 36.4 Å². The summed E-state index contributed by atoms with van der Waals surface area (Å²) in [6.45, 7) is 5.50. The Bertz CT molecular complexity index is 613. The molecule has 1 atom stereocenters. The second-order valence-electron chi connectivity index (χ2n) is 5.56. The molecule has 2 rings (SSSR count). The van der Waals surface area contributed by atoms with E-state index in [4.69, 9.17) is 0 Å². The minimum atomic E-state index is -1.24. The second-order valence-corrected chi connectivity index (χ2v) is 5.56. The van der Waals surface area contributed by atoms with Crippen molar-refractivity contribution in [1.82, 2.24) is 0 Å². The van der Waals surface area contributed by atoms with Gasteiger partial charge in [0, 0.05) is 6.42 Å². The first-order valence-corrected chi connectivity index (χ1v) is 6.53. The van der Waals surface area contributed by atoms with Crippen LogP contribution in [0.4, 0.5) is 8.78 Å². The van der Waals surface area contributed by atoms with Crippen LogP contribution in [0, 0.1) is 25.5 Å². The second kappa shape index (κ2) is 5.33. The highest BCUT2D eigenvalue weighted by molar-refractivity contribution is 5.34. The Labute approximate surface area is 117 Å². The number of halogens is 2. The Morgan fingerprint density at radius 1 is 1.00 bits per heavy atom. The lowest BCUT2D eigenvalue weighted by atomic mass is 9.87. The van der Waals surface area contributed by atoms with Gasteiger partial charge in [0.2, 0.25) is 0 Å². The minimum Gasteiger partial charge on any atom is -0.385 e. The van der Waals surface area contributed by atoms with Crippen LogP contribution < -0.4 is 0 Å². The Hall–Kier alpha value is -1.74. The summed E-state index contributed by atoms with van der Waals surface area (Å²) in [5.41, 5.74) is 1.69. The lowest BCUT2D eigenvalue weighted by Gasteiger charge is -2.25. The molecule has 0 aliphatic heterocycles. The molecule has 0 heterocycles. The fraction of sp³-hybridized carbons (Fsp3) is 0.294. The molecule has 1 N–H and O–H groups in total. The van der Waals surface area contributed by atoms with Crippen LogP contribution in [0.25, 0.3) is 0 Å². The van der Waals surface area contributed by atoms with Crippen molar-refractivity contribution in [1.29, 1.82) is 0 Å². The normalized spacial score (nSPS) is 14.1. The molecular formula is C17H18F2O. The molecule has 0 aromatic heterocycles. The van der Waals surface area contributed by atoms with Gasteiger partial charge < -0.3 is 5.11 Å². The van der Waals surface area contributed by atoms with Gasteiger partial charge in [-0.25, -0.2) is 8.78 Å². The highest BCUT2D eigenvalue weighted by atomic mass is 19.1. The molecule has 0 saturated carbocycles. The maximum absolute atomic E-state index is 13.7. The number of hydrogen-bond donors (Lipinski definition) is 1. The number of rotatable bonds is 3. The van der Waals surface area contributed by atoms with Gasteiger partial charge in [-0.1, -0.05) is 29.3 Å². The van der Waals surface area contributed by atoms with Crippen molar-refractivity contribution in [3.05, 3.63) is 70.3 Å². The van der Waals surface area contributed by atoms with Crippen LogP contribution in [0.3, 0.4) is 0 Å². The van der Waals surface area contributed by atoms with Gasteiger partial charge in [0.1, 0.15) is 11.6 Å². The molecule has 0 aliphatic carbocycles. The third-order valence-corrected chi connectivity index (χ3v) is 3.39. The molecule has 106 valence electrons. The van der Waals surface area contributed by atoms with Crippen molar-refractivity contribution >= 4 is 0 Å². The molecule has 3 heteroatoms. The lowest BCUT2D eigenvalue weighted by Crippen LogP contribution is -2.25. The van der Waals surface area contributed by atoms with Crippen molar-refractivity contribution in [2.75, 3.05) is 0 Å². The van der Waals surface area contributed by atoms with E-state index in [-0.39, 0.29) is 12.0 Å². The summed E-state index contributed by atoms with van der Waals surface area (Å²) in [5.74, 6) is -1.01. The largest absolute Gasteiger partial charge is 0.385 e. The van der Waals surface area contributed by atoms with Crippen LogP contribution in [0.5, 0.6) is 0 Å². The van der Waals surface area contributed by atoms with E-state index in [1.807, 2.05) is 32.0 Å². The van der Waals surface area contributed by atoms with Crippen LogP contribution in [-0.4, -0.2) is 5.11 Å². The number of hydrogen-bond acceptors (Lipinski definition) is 1. The molecule has 0 radical (unpaired) electrons. The minimum absolute atomic E-state index is 0.0273. The summed E-state index contributed by atoms with van der Waals surface area (Å²) in [7, 11) is 0. The van der Waals surface area contributed by atoms with E-state index >= 15 is 0 Å². The van der Waals surface area contributed by atoms with Crippen molar-refractivity contribution in [3.63, 3.8) is 0 Å². The number of aliphatic hydroxyl groups is 1. The molecule has 20 heavy (non-hydrogen) atoms. The zero-order valence-electron chi connectivity index (χ0n) is 11.9. The van der Waals surface area contributed by atoms with Crippen LogP contribution in [0.2, 0.25) is 0 Å². The summed E-state index contributed by atoms with van der Waals surface area (Å²) in [5, 5.41) is 10.6. The Balaban J connectivity index is 2.37. The predicted molar refractivity (Wildman–Crippen MR) is 75.5 cm³/mol. The van der Waals surface area contributed by atoms with E-state index in [0.29, 0.717) is 5.56 Å². The Kier molecular flexibility index (Phi) is 3.91. The highest BCUT2D eigenvalue weighted by Gasteiger charge is 2.25. The molecule has 2 aromatic carbocycles. The molecule has 1 unspecified atom stereocenters. The van der Waals surface area contributed by atoms with E-state index < -0.39 is 17.2 Å². The van der Waals surface area contributed by atoms with Gasteiger partial charge in [0.25, 0.3) is 0 Å². The SMILES string of the molecule is Cc1cc(C)cc(C(C)(O)Cc2cc(F)ccc2F)c1. The number of benzene rings is 2. The fourth-order valence-electron chi connectivity index (χ4n) is 2.44. The first-order chi connectivity index (χ1) is 9.28. The smallest absolute Gasteiger partial charge is 0.126 e.